The van der Waals surface area contributed by atoms with Crippen LogP contribution < -0.4 is 10.6 Å². The Bertz CT molecular complexity index is 285. The molecule has 0 radical (unpaired) electrons. The van der Waals surface area contributed by atoms with Crippen LogP contribution in [0.25, 0.3) is 0 Å². The number of aromatic nitrogens is 2. The van der Waals surface area contributed by atoms with Crippen molar-refractivity contribution in [2.45, 2.75) is 32.2 Å². The van der Waals surface area contributed by atoms with Crippen molar-refractivity contribution in [1.29, 1.82) is 0 Å². The first-order valence-electron chi connectivity index (χ1n) is 4.67. The molecule has 2 heterocycles. The average Bonchev–Trinajstić information content (AvgIpc) is 2.71. The first kappa shape index (κ1) is 8.74. The number of anilines is 2. The highest BCUT2D eigenvalue weighted by Gasteiger charge is 2.25. The molecular formula is C8H14N4S. The second-order valence-electron chi connectivity index (χ2n) is 3.33. The molecule has 0 aliphatic carbocycles. The molecule has 2 rings (SSSR count). The molecule has 13 heavy (non-hydrogen) atoms. The Hall–Kier alpha value is -0.840. The van der Waals surface area contributed by atoms with Crippen LogP contribution in [0, 0.1) is 0 Å². The molecule has 1 aliphatic rings. The van der Waals surface area contributed by atoms with Crippen LogP contribution in [0.2, 0.25) is 0 Å². The molecule has 2 N–H and O–H groups in total. The second kappa shape index (κ2) is 3.49. The minimum atomic E-state index is 0.404. The number of nitrogen functional groups attached to an aromatic ring is 1. The fourth-order valence-electron chi connectivity index (χ4n) is 1.86. The van der Waals surface area contributed by atoms with Gasteiger partial charge >= 0.3 is 0 Å². The predicted octanol–water partition coefficient (Wildman–Crippen LogP) is 1.50. The van der Waals surface area contributed by atoms with Crippen molar-refractivity contribution in [3.63, 3.8) is 0 Å². The Kier molecular flexibility index (Phi) is 2.35. The number of hydrogen-bond donors (Lipinski definition) is 1. The van der Waals surface area contributed by atoms with E-state index in [1.165, 1.54) is 30.8 Å². The van der Waals surface area contributed by atoms with Gasteiger partial charge in [-0.3, -0.25) is 0 Å². The van der Waals surface area contributed by atoms with E-state index in [-0.39, 0.29) is 0 Å². The predicted molar refractivity (Wildman–Crippen MR) is 55.0 cm³/mol. The van der Waals surface area contributed by atoms with Crippen LogP contribution in [0.5, 0.6) is 0 Å². The number of rotatable bonds is 2. The Labute approximate surface area is 81.9 Å². The summed E-state index contributed by atoms with van der Waals surface area (Å²) in [4.78, 5) is 6.53. The van der Waals surface area contributed by atoms with Crippen LogP contribution in [0.15, 0.2) is 0 Å². The summed E-state index contributed by atoms with van der Waals surface area (Å²) in [5.41, 5.74) is 5.49. The van der Waals surface area contributed by atoms with E-state index in [9.17, 15) is 0 Å². The van der Waals surface area contributed by atoms with E-state index >= 15 is 0 Å². The summed E-state index contributed by atoms with van der Waals surface area (Å²) in [6.45, 7) is 3.32. The van der Waals surface area contributed by atoms with Gasteiger partial charge in [0.1, 0.15) is 0 Å². The Morgan fingerprint density at radius 1 is 1.69 bits per heavy atom. The normalized spacial score (nSPS) is 22.5. The summed E-state index contributed by atoms with van der Waals surface area (Å²) in [7, 11) is 0. The lowest BCUT2D eigenvalue weighted by atomic mass is 10.2. The van der Waals surface area contributed by atoms with Gasteiger partial charge in [0.2, 0.25) is 11.1 Å². The van der Waals surface area contributed by atoms with Gasteiger partial charge < -0.3 is 10.6 Å². The monoisotopic (exact) mass is 198 g/mol. The molecule has 0 amide bonds. The van der Waals surface area contributed by atoms with E-state index < -0.39 is 0 Å². The Morgan fingerprint density at radius 2 is 2.54 bits per heavy atom. The highest BCUT2D eigenvalue weighted by atomic mass is 32.1. The number of nitrogens with zero attached hydrogens (tertiary/aromatic N) is 3. The van der Waals surface area contributed by atoms with Crippen LogP contribution in [-0.4, -0.2) is 21.9 Å². The molecule has 1 unspecified atom stereocenters. The van der Waals surface area contributed by atoms with Gasteiger partial charge in [-0.2, -0.15) is 9.36 Å². The van der Waals surface area contributed by atoms with Gasteiger partial charge in [-0.05, 0) is 19.3 Å². The van der Waals surface area contributed by atoms with E-state index in [1.54, 1.807) is 0 Å². The number of nitrogens with two attached hydrogens (primary N) is 1. The smallest absolute Gasteiger partial charge is 0.233 e. The fourth-order valence-corrected chi connectivity index (χ4v) is 2.55. The van der Waals surface area contributed by atoms with Crippen molar-refractivity contribution in [3.8, 4) is 0 Å². The maximum Gasteiger partial charge on any atom is 0.233 e. The Morgan fingerprint density at radius 3 is 3.15 bits per heavy atom. The van der Waals surface area contributed by atoms with Gasteiger partial charge in [-0.15, -0.1) is 0 Å². The summed E-state index contributed by atoms with van der Waals surface area (Å²) >= 11 is 1.41. The largest absolute Gasteiger partial charge is 0.367 e. The molecule has 1 aromatic heterocycles. The van der Waals surface area contributed by atoms with Crippen molar-refractivity contribution >= 4 is 22.6 Å². The third kappa shape index (κ3) is 1.60. The molecule has 0 saturated carbocycles. The molecule has 1 aliphatic heterocycles. The molecule has 4 nitrogen and oxygen atoms in total. The van der Waals surface area contributed by atoms with Crippen LogP contribution in [-0.2, 0) is 0 Å². The van der Waals surface area contributed by atoms with Crippen molar-refractivity contribution < 1.29 is 0 Å². The quantitative estimate of drug-likeness (QED) is 0.782. The number of hydrogen-bond acceptors (Lipinski definition) is 5. The van der Waals surface area contributed by atoms with E-state index in [1.807, 2.05) is 0 Å². The van der Waals surface area contributed by atoms with Crippen molar-refractivity contribution in [1.82, 2.24) is 9.36 Å². The standard InChI is InChI=1S/C8H14N4S/c1-2-6-4-3-5-12(6)8-10-7(9)11-13-8/h6H,2-5H2,1H3,(H2,9,11). The van der Waals surface area contributed by atoms with Gasteiger partial charge in [0.25, 0.3) is 0 Å². The maximum absolute atomic E-state index is 5.49. The summed E-state index contributed by atoms with van der Waals surface area (Å²) in [6.07, 6.45) is 3.72. The molecule has 1 atom stereocenters. The van der Waals surface area contributed by atoms with E-state index in [2.05, 4.69) is 21.2 Å². The molecule has 0 spiro atoms. The molecule has 0 aromatic carbocycles. The van der Waals surface area contributed by atoms with Gasteiger partial charge in [-0.25, -0.2) is 0 Å². The SMILES string of the molecule is CCC1CCCN1c1nc(N)ns1. The molecule has 72 valence electrons. The minimum Gasteiger partial charge on any atom is -0.367 e. The van der Waals surface area contributed by atoms with Crippen molar-refractivity contribution in [3.05, 3.63) is 0 Å². The third-order valence-corrected chi connectivity index (χ3v) is 3.29. The molecule has 1 fully saturated rings. The topological polar surface area (TPSA) is 55.0 Å². The summed E-state index contributed by atoms with van der Waals surface area (Å²) in [5, 5.41) is 0.988. The zero-order valence-electron chi connectivity index (χ0n) is 7.73. The lowest BCUT2D eigenvalue weighted by Gasteiger charge is -2.21. The van der Waals surface area contributed by atoms with Gasteiger partial charge in [0.15, 0.2) is 0 Å². The van der Waals surface area contributed by atoms with E-state index in [4.69, 9.17) is 5.73 Å². The second-order valence-corrected chi connectivity index (χ2v) is 4.06. The lowest BCUT2D eigenvalue weighted by molar-refractivity contribution is 0.644. The van der Waals surface area contributed by atoms with Gasteiger partial charge in [-0.1, -0.05) is 6.92 Å². The Balaban J connectivity index is 2.15. The van der Waals surface area contributed by atoms with Crippen molar-refractivity contribution in [2.24, 2.45) is 0 Å². The van der Waals surface area contributed by atoms with E-state index in [0.29, 0.717) is 12.0 Å². The summed E-state index contributed by atoms with van der Waals surface area (Å²) in [6, 6.07) is 0.646. The molecule has 0 bridgehead atoms. The molecular weight excluding hydrogens is 184 g/mol. The van der Waals surface area contributed by atoms with Gasteiger partial charge in [0, 0.05) is 24.1 Å². The van der Waals surface area contributed by atoms with E-state index in [0.717, 1.165) is 11.7 Å². The van der Waals surface area contributed by atoms with Crippen LogP contribution in [0.4, 0.5) is 11.1 Å². The maximum atomic E-state index is 5.49. The van der Waals surface area contributed by atoms with Gasteiger partial charge in [0.05, 0.1) is 0 Å². The molecule has 1 aromatic rings. The first-order chi connectivity index (χ1) is 6.31. The zero-order valence-corrected chi connectivity index (χ0v) is 8.55. The first-order valence-corrected chi connectivity index (χ1v) is 5.44. The average molecular weight is 198 g/mol. The molecule has 5 heteroatoms. The van der Waals surface area contributed by atoms with Crippen LogP contribution >= 0.6 is 11.5 Å². The zero-order chi connectivity index (χ0) is 9.26. The van der Waals surface area contributed by atoms with Crippen LogP contribution in [0.1, 0.15) is 26.2 Å². The highest BCUT2D eigenvalue weighted by molar-refractivity contribution is 7.09. The third-order valence-electron chi connectivity index (χ3n) is 2.53. The minimum absolute atomic E-state index is 0.404. The summed E-state index contributed by atoms with van der Waals surface area (Å²) in [5.74, 6) is 0.404. The molecule has 1 saturated heterocycles. The lowest BCUT2D eigenvalue weighted by Crippen LogP contribution is -2.28. The summed E-state index contributed by atoms with van der Waals surface area (Å²) < 4.78 is 4.00. The van der Waals surface area contributed by atoms with Crippen LogP contribution in [0.3, 0.4) is 0 Å². The van der Waals surface area contributed by atoms with Crippen molar-refractivity contribution in [2.75, 3.05) is 17.2 Å². The highest BCUT2D eigenvalue weighted by Crippen LogP contribution is 2.28. The fraction of sp³-hybridized carbons (Fsp3) is 0.750.